The molecule has 0 radical (unpaired) electrons. The molecule has 0 fully saturated rings. The van der Waals surface area contributed by atoms with E-state index in [1.54, 1.807) is 20.8 Å². The summed E-state index contributed by atoms with van der Waals surface area (Å²) in [7, 11) is 0. The first-order valence-corrected chi connectivity index (χ1v) is 13.7. The summed E-state index contributed by atoms with van der Waals surface area (Å²) < 4.78 is 5.45. The second kappa shape index (κ2) is 14.7. The number of aliphatic hydroxyl groups is 1. The highest BCUT2D eigenvalue weighted by Gasteiger charge is 2.36. The number of hydrogen-bond donors (Lipinski definition) is 3. The number of carbonyl (C=O) groups excluding carboxylic acids is 3. The second-order valence-corrected chi connectivity index (χ2v) is 11.2. The van der Waals surface area contributed by atoms with Gasteiger partial charge in [0.05, 0.1) is 6.61 Å². The van der Waals surface area contributed by atoms with Crippen LogP contribution in [-0.4, -0.2) is 58.8 Å². The third-order valence-electron chi connectivity index (χ3n) is 6.13. The molecule has 0 bridgehead atoms. The fourth-order valence-electron chi connectivity index (χ4n) is 4.64. The van der Waals surface area contributed by atoms with Gasteiger partial charge >= 0.3 is 6.09 Å². The van der Waals surface area contributed by atoms with E-state index in [-0.39, 0.29) is 31.5 Å². The number of hydrogen-bond acceptors (Lipinski definition) is 5. The average molecular weight is 540 g/mol. The molecule has 2 aromatic carbocycles. The van der Waals surface area contributed by atoms with E-state index < -0.39 is 29.7 Å². The number of nitrogens with zero attached hydrogens (tertiary/aromatic N) is 1. The highest BCUT2D eigenvalue weighted by molar-refractivity contribution is 5.92. The van der Waals surface area contributed by atoms with Gasteiger partial charge in [0.25, 0.3) is 0 Å². The third-order valence-corrected chi connectivity index (χ3v) is 6.13. The molecule has 0 heterocycles. The molecule has 3 N–H and O–H groups in total. The number of amides is 3. The lowest BCUT2D eigenvalue weighted by atomic mass is 9.97. The molecule has 0 aliphatic carbocycles. The Morgan fingerprint density at radius 3 is 2.15 bits per heavy atom. The minimum Gasteiger partial charge on any atom is -0.444 e. The summed E-state index contributed by atoms with van der Waals surface area (Å²) in [5, 5.41) is 15.8. The van der Waals surface area contributed by atoms with Crippen LogP contribution in [0.5, 0.6) is 0 Å². The number of nitrogens with one attached hydrogen (secondary N) is 2. The van der Waals surface area contributed by atoms with E-state index in [1.165, 1.54) is 4.90 Å². The van der Waals surface area contributed by atoms with Crippen molar-refractivity contribution in [1.82, 2.24) is 15.5 Å². The van der Waals surface area contributed by atoms with Crippen molar-refractivity contribution in [2.45, 2.75) is 91.5 Å². The molecule has 2 aromatic rings. The number of aryl methyl sites for hydroxylation is 2. The molecule has 0 aromatic heterocycles. The molecule has 0 spiro atoms. The number of carbonyl (C=O) groups is 3. The van der Waals surface area contributed by atoms with Gasteiger partial charge in [0, 0.05) is 19.0 Å². The van der Waals surface area contributed by atoms with Crippen LogP contribution in [0, 0.1) is 13.8 Å². The maximum Gasteiger partial charge on any atom is 0.408 e. The van der Waals surface area contributed by atoms with Crippen LogP contribution in [0.2, 0.25) is 0 Å². The molecule has 3 amide bonds. The van der Waals surface area contributed by atoms with Crippen molar-refractivity contribution in [2.75, 3.05) is 13.2 Å². The number of benzene rings is 2. The van der Waals surface area contributed by atoms with Gasteiger partial charge in [0.15, 0.2) is 0 Å². The van der Waals surface area contributed by atoms with Crippen LogP contribution in [0.3, 0.4) is 0 Å². The highest BCUT2D eigenvalue weighted by atomic mass is 16.6. The van der Waals surface area contributed by atoms with E-state index in [9.17, 15) is 19.5 Å². The first-order chi connectivity index (χ1) is 18.3. The number of rotatable bonds is 12. The van der Waals surface area contributed by atoms with Crippen molar-refractivity contribution in [1.29, 1.82) is 0 Å². The zero-order chi connectivity index (χ0) is 29.2. The fourth-order valence-corrected chi connectivity index (χ4v) is 4.64. The van der Waals surface area contributed by atoms with Gasteiger partial charge in [-0.25, -0.2) is 4.79 Å². The van der Waals surface area contributed by atoms with Crippen LogP contribution >= 0.6 is 0 Å². The van der Waals surface area contributed by atoms with Gasteiger partial charge in [0.1, 0.15) is 17.7 Å². The Morgan fingerprint density at radius 2 is 1.62 bits per heavy atom. The summed E-state index contributed by atoms with van der Waals surface area (Å²) in [6.07, 6.45) is 1.14. The Bertz CT molecular complexity index is 1080. The molecule has 3 atom stereocenters. The largest absolute Gasteiger partial charge is 0.444 e. The summed E-state index contributed by atoms with van der Waals surface area (Å²) >= 11 is 0. The van der Waals surface area contributed by atoms with Gasteiger partial charge < -0.3 is 25.4 Å². The molecule has 0 saturated heterocycles. The van der Waals surface area contributed by atoms with Gasteiger partial charge in [-0.3, -0.25) is 9.59 Å². The average Bonchev–Trinajstić information content (AvgIpc) is 2.82. The first kappa shape index (κ1) is 31.8. The van der Waals surface area contributed by atoms with Crippen LogP contribution in [-0.2, 0) is 20.7 Å². The third kappa shape index (κ3) is 10.4. The lowest BCUT2D eigenvalue weighted by molar-refractivity contribution is -0.143. The minimum atomic E-state index is -1.02. The summed E-state index contributed by atoms with van der Waals surface area (Å²) in [6, 6.07) is 13.0. The molecule has 0 aliphatic heterocycles. The van der Waals surface area contributed by atoms with Crippen molar-refractivity contribution < 1.29 is 24.2 Å². The molecule has 8 heteroatoms. The zero-order valence-electron chi connectivity index (χ0n) is 24.4. The monoisotopic (exact) mass is 539 g/mol. The van der Waals surface area contributed by atoms with Gasteiger partial charge in [0.2, 0.25) is 11.8 Å². The predicted molar refractivity (Wildman–Crippen MR) is 153 cm³/mol. The first-order valence-electron chi connectivity index (χ1n) is 13.7. The van der Waals surface area contributed by atoms with Crippen molar-refractivity contribution in [3.05, 3.63) is 70.8 Å². The van der Waals surface area contributed by atoms with Crippen LogP contribution in [0.4, 0.5) is 4.79 Å². The van der Waals surface area contributed by atoms with Crippen molar-refractivity contribution >= 4 is 17.9 Å². The summed E-state index contributed by atoms with van der Waals surface area (Å²) in [6.45, 7) is 12.6. The van der Waals surface area contributed by atoms with Crippen molar-refractivity contribution in [3.63, 3.8) is 0 Å². The quantitative estimate of drug-likeness (QED) is 0.365. The second-order valence-electron chi connectivity index (χ2n) is 11.2. The fraction of sp³-hybridized carbons (Fsp3) is 0.516. The smallest absolute Gasteiger partial charge is 0.408 e. The zero-order valence-corrected chi connectivity index (χ0v) is 24.4. The Morgan fingerprint density at radius 1 is 1.00 bits per heavy atom. The molecular formula is C31H45N3O5. The number of ether oxygens (including phenoxy) is 1. The molecule has 0 aliphatic rings. The summed E-state index contributed by atoms with van der Waals surface area (Å²) in [5.74, 6) is -0.820. The van der Waals surface area contributed by atoms with Crippen molar-refractivity contribution in [3.8, 4) is 0 Å². The van der Waals surface area contributed by atoms with Gasteiger partial charge in [-0.1, -0.05) is 73.0 Å². The minimum absolute atomic E-state index is 0.0899. The number of alkyl carbamates (subject to hydrolysis) is 1. The van der Waals surface area contributed by atoms with Crippen LogP contribution < -0.4 is 10.6 Å². The van der Waals surface area contributed by atoms with Gasteiger partial charge in [-0.05, 0) is 59.1 Å². The van der Waals surface area contributed by atoms with Gasteiger partial charge in [-0.15, -0.1) is 0 Å². The molecule has 39 heavy (non-hydrogen) atoms. The molecule has 8 nitrogen and oxygen atoms in total. The summed E-state index contributed by atoms with van der Waals surface area (Å²) in [5.41, 5.74) is 2.62. The topological polar surface area (TPSA) is 108 Å². The summed E-state index contributed by atoms with van der Waals surface area (Å²) in [4.78, 5) is 42.1. The van der Waals surface area contributed by atoms with E-state index in [1.807, 2.05) is 76.2 Å². The predicted octanol–water partition coefficient (Wildman–Crippen LogP) is 4.61. The van der Waals surface area contributed by atoms with Crippen LogP contribution in [0.25, 0.3) is 0 Å². The van der Waals surface area contributed by atoms with E-state index in [0.29, 0.717) is 5.56 Å². The number of aliphatic hydroxyl groups excluding tert-OH is 1. The maximum atomic E-state index is 14.2. The van der Waals surface area contributed by atoms with E-state index in [2.05, 4.69) is 10.6 Å². The van der Waals surface area contributed by atoms with Gasteiger partial charge in [-0.2, -0.15) is 0 Å². The normalized spacial score (nSPS) is 13.6. The van der Waals surface area contributed by atoms with E-state index in [0.717, 1.165) is 29.5 Å². The molecule has 0 saturated carbocycles. The van der Waals surface area contributed by atoms with Crippen molar-refractivity contribution in [2.24, 2.45) is 0 Å². The Hall–Kier alpha value is -3.39. The lowest BCUT2D eigenvalue weighted by Crippen LogP contribution is -2.55. The van der Waals surface area contributed by atoms with Crippen LogP contribution in [0.15, 0.2) is 48.5 Å². The molecule has 2 rings (SSSR count). The Kier molecular flexibility index (Phi) is 12.0. The van der Waals surface area contributed by atoms with Crippen LogP contribution in [0.1, 0.15) is 75.8 Å². The highest BCUT2D eigenvalue weighted by Crippen LogP contribution is 2.26. The molecular weight excluding hydrogens is 494 g/mol. The SMILES string of the molecule is CCCC(C)NC(=O)C(c1cc(C)cc(C)c1)N(CCO)C(=O)C(Cc1ccccc1)NC(=O)OC(C)(C)C. The Balaban J connectivity index is 2.55. The molecule has 214 valence electrons. The lowest BCUT2D eigenvalue weighted by Gasteiger charge is -2.35. The van der Waals surface area contributed by atoms with E-state index >= 15 is 0 Å². The molecule has 3 unspecified atom stereocenters. The Labute approximate surface area is 233 Å². The van der Waals surface area contributed by atoms with E-state index in [4.69, 9.17) is 4.74 Å². The maximum absolute atomic E-state index is 14.2. The standard InChI is InChI=1S/C31H45N3O5/c1-8-12-23(4)32-28(36)27(25-18-21(2)17-22(3)19-25)34(15-16-35)29(37)26(20-24-13-10-9-11-14-24)33-30(38)39-31(5,6)7/h9-11,13-14,17-19,23,26-27,35H,8,12,15-16,20H2,1-7H3,(H,32,36)(H,33,38).